The Hall–Kier alpha value is -0.925. The summed E-state index contributed by atoms with van der Waals surface area (Å²) < 4.78 is 1.41. The van der Waals surface area contributed by atoms with Gasteiger partial charge in [-0.3, -0.25) is 0 Å². The second kappa shape index (κ2) is 1.29. The van der Waals surface area contributed by atoms with Gasteiger partial charge < -0.3 is 0 Å². The van der Waals surface area contributed by atoms with Crippen molar-refractivity contribution in [3.63, 3.8) is 0 Å². The molecule has 3 nitrogen and oxygen atoms in total. The zero-order valence-corrected chi connectivity index (χ0v) is 3.83. The molecule has 0 saturated heterocycles. The van der Waals surface area contributed by atoms with E-state index < -0.39 is 0 Å². The van der Waals surface area contributed by atoms with E-state index in [0.29, 0.717) is 5.69 Å². The van der Waals surface area contributed by atoms with Gasteiger partial charge >= 0.3 is 41.1 Å². The van der Waals surface area contributed by atoms with Crippen molar-refractivity contribution in [2.75, 3.05) is 11.6 Å². The number of hydrogen-bond acceptors (Lipinski definition) is 2. The van der Waals surface area contributed by atoms with Crippen LogP contribution >= 0.6 is 0 Å². The molecule has 0 aliphatic carbocycles. The summed E-state index contributed by atoms with van der Waals surface area (Å²) in [5.74, 6) is 6.95. The van der Waals surface area contributed by atoms with E-state index in [0.717, 1.165) is 0 Å². The van der Waals surface area contributed by atoms with Crippen molar-refractivity contribution in [3.05, 3.63) is 12.2 Å². The molecule has 4 N–H and O–H groups in total. The van der Waals surface area contributed by atoms with Gasteiger partial charge in [0.05, 0.1) is 0 Å². The van der Waals surface area contributed by atoms with E-state index in [2.05, 4.69) is 0 Å². The molecular weight excluding hydrogens is 88.9 g/mol. The first-order valence-electron chi connectivity index (χ1n) is 1.97. The molecule has 0 atom stereocenters. The Labute approximate surface area is 42.1 Å². The first-order valence-corrected chi connectivity index (χ1v) is 1.97. The minimum atomic E-state index is 0.697. The molecule has 0 bridgehead atoms. The fourth-order valence-corrected chi connectivity index (χ4v) is 0.430. The molecule has 0 spiro atoms. The van der Waals surface area contributed by atoms with Crippen molar-refractivity contribution in [2.45, 2.75) is 0 Å². The van der Waals surface area contributed by atoms with E-state index >= 15 is 0 Å². The third kappa shape index (κ3) is 0.736. The second-order valence-corrected chi connectivity index (χ2v) is 1.39. The van der Waals surface area contributed by atoms with E-state index in [1.54, 1.807) is 19.2 Å². The van der Waals surface area contributed by atoms with Crippen LogP contribution in [0.1, 0.15) is 0 Å². The first-order chi connectivity index (χ1) is 3.29. The monoisotopic (exact) mass is 95.1 g/mol. The molecule has 36 valence electrons. The average Bonchev–Trinajstić information content (AvgIpc) is 1.87. The van der Waals surface area contributed by atoms with Gasteiger partial charge in [-0.15, -0.1) is 0 Å². The van der Waals surface area contributed by atoms with E-state index in [1.807, 2.05) is 0 Å². The number of hydrogen-bond donors (Lipinski definition) is 2. The van der Waals surface area contributed by atoms with Crippen molar-refractivity contribution in [1.82, 2.24) is 4.58 Å². The van der Waals surface area contributed by atoms with Crippen LogP contribution in [0.2, 0.25) is 0 Å². The van der Waals surface area contributed by atoms with Crippen molar-refractivity contribution < 1.29 is 0 Å². The van der Waals surface area contributed by atoms with Gasteiger partial charge in [0.2, 0.25) is 0 Å². The predicted octanol–water partition coefficient (Wildman–Crippen LogP) is -0.878. The second-order valence-electron chi connectivity index (χ2n) is 1.39. The molecular formula is C3H6BN3. The molecule has 0 radical (unpaired) electrons. The molecule has 0 aliphatic rings. The Balaban J connectivity index is 3.04. The van der Waals surface area contributed by atoms with Crippen LogP contribution in [0.25, 0.3) is 0 Å². The normalized spacial score (nSPS) is 8.57. The van der Waals surface area contributed by atoms with Crippen molar-refractivity contribution in [2.24, 2.45) is 0 Å². The van der Waals surface area contributed by atoms with Crippen LogP contribution in [0.5, 0.6) is 0 Å². The molecule has 1 aromatic rings. The fraction of sp³-hybridized carbons (Fsp3) is 0. The standard InChI is InChI=1S/C3H6BN3/c5-3-1-4-7(6)2-3/h1-2H,5-6H2. The van der Waals surface area contributed by atoms with Crippen molar-refractivity contribution in [3.8, 4) is 0 Å². The van der Waals surface area contributed by atoms with Gasteiger partial charge in [-0.1, -0.05) is 0 Å². The summed E-state index contributed by atoms with van der Waals surface area (Å²) in [7, 11) is 1.69. The summed E-state index contributed by atoms with van der Waals surface area (Å²) in [5.41, 5.74) is 5.97. The SMILES string of the molecule is Nc1cbn(N)c1. The molecule has 1 rings (SSSR count). The summed E-state index contributed by atoms with van der Waals surface area (Å²) in [6.07, 6.45) is 1.64. The van der Waals surface area contributed by atoms with Crippen LogP contribution in [-0.4, -0.2) is 11.6 Å². The third-order valence-electron chi connectivity index (χ3n) is 0.737. The quantitative estimate of drug-likeness (QED) is 0.411. The molecule has 4 heteroatoms. The Morgan fingerprint density at radius 3 is 2.57 bits per heavy atom. The summed E-state index contributed by atoms with van der Waals surface area (Å²) in [5, 5.41) is 0. The molecule has 0 aromatic carbocycles. The van der Waals surface area contributed by atoms with Gasteiger partial charge in [-0.05, 0) is 0 Å². The molecule has 0 saturated carbocycles. The zero-order valence-electron chi connectivity index (χ0n) is 3.83. The first kappa shape index (κ1) is 4.24. The van der Waals surface area contributed by atoms with Crippen LogP contribution < -0.4 is 11.6 Å². The molecule has 0 amide bonds. The molecule has 7 heavy (non-hydrogen) atoms. The van der Waals surface area contributed by atoms with Crippen LogP contribution in [0.15, 0.2) is 12.2 Å². The van der Waals surface area contributed by atoms with E-state index in [-0.39, 0.29) is 0 Å². The predicted molar refractivity (Wildman–Crippen MR) is 30.3 cm³/mol. The summed E-state index contributed by atoms with van der Waals surface area (Å²) in [6, 6.07) is 0. The maximum atomic E-state index is 5.28. The third-order valence-corrected chi connectivity index (χ3v) is 0.737. The minimum absolute atomic E-state index is 0.697. The number of nitrogens with zero attached hydrogens (tertiary/aromatic N) is 1. The van der Waals surface area contributed by atoms with Crippen LogP contribution in [0, 0.1) is 0 Å². The molecule has 1 aromatic heterocycles. The molecule has 1 heterocycles. The van der Waals surface area contributed by atoms with Crippen LogP contribution in [0.4, 0.5) is 5.69 Å². The maximum absolute atomic E-state index is 5.28. The molecule has 0 fully saturated rings. The Morgan fingerprint density at radius 1 is 1.71 bits per heavy atom. The van der Waals surface area contributed by atoms with Gasteiger partial charge in [0.15, 0.2) is 0 Å². The summed E-state index contributed by atoms with van der Waals surface area (Å²) >= 11 is 0. The number of aromatic nitrogens is 1. The van der Waals surface area contributed by atoms with Crippen LogP contribution in [-0.2, 0) is 0 Å². The van der Waals surface area contributed by atoms with Gasteiger partial charge in [-0.2, -0.15) is 0 Å². The number of anilines is 1. The van der Waals surface area contributed by atoms with Gasteiger partial charge in [0.1, 0.15) is 0 Å². The van der Waals surface area contributed by atoms with E-state index in [1.165, 1.54) is 4.58 Å². The topological polar surface area (TPSA) is 57.0 Å². The van der Waals surface area contributed by atoms with Gasteiger partial charge in [-0.25, -0.2) is 0 Å². The summed E-state index contributed by atoms with van der Waals surface area (Å²) in [6.45, 7) is 0. The molecule has 0 unspecified atom stereocenters. The number of rotatable bonds is 0. The fourth-order valence-electron chi connectivity index (χ4n) is 0.430. The van der Waals surface area contributed by atoms with E-state index in [9.17, 15) is 0 Å². The number of nitrogen functional groups attached to an aromatic ring is 2. The van der Waals surface area contributed by atoms with Crippen molar-refractivity contribution >= 4 is 12.7 Å². The van der Waals surface area contributed by atoms with Gasteiger partial charge in [0.25, 0.3) is 0 Å². The Morgan fingerprint density at radius 2 is 2.43 bits per heavy atom. The molecule has 0 aliphatic heterocycles. The van der Waals surface area contributed by atoms with Gasteiger partial charge in [0, 0.05) is 0 Å². The Kier molecular flexibility index (Phi) is 0.783. The van der Waals surface area contributed by atoms with Crippen LogP contribution in [0.3, 0.4) is 0 Å². The Bertz CT molecular complexity index is 142. The zero-order chi connectivity index (χ0) is 5.28. The summed E-state index contributed by atoms with van der Waals surface area (Å²) in [4.78, 5) is 0. The number of nitrogens with two attached hydrogens (primary N) is 2. The average molecular weight is 94.9 g/mol. The van der Waals surface area contributed by atoms with Crippen molar-refractivity contribution in [1.29, 1.82) is 0 Å². The van der Waals surface area contributed by atoms with E-state index in [4.69, 9.17) is 11.6 Å².